The molecule has 0 fully saturated rings. The van der Waals surface area contributed by atoms with Crippen LogP contribution < -0.4 is 15.7 Å². The van der Waals surface area contributed by atoms with Crippen molar-refractivity contribution in [2.24, 2.45) is 10.3 Å². The summed E-state index contributed by atoms with van der Waals surface area (Å²) in [5.74, 6) is -0.503. The molecule has 6 rings (SSSR count). The van der Waals surface area contributed by atoms with Crippen molar-refractivity contribution in [2.45, 2.75) is 36.5 Å². The Balaban J connectivity index is 0.000000222. The molecular formula is C44H38BBrCl2N2O10S2. The molecule has 18 heteroatoms. The summed E-state index contributed by atoms with van der Waals surface area (Å²) in [4.78, 5) is 46.5. The van der Waals surface area contributed by atoms with Gasteiger partial charge in [-0.25, -0.2) is 27.1 Å². The van der Waals surface area contributed by atoms with Gasteiger partial charge in [-0.15, -0.1) is 0 Å². The maximum absolute atomic E-state index is 12.7. The number of sulfonamides is 2. The first-order chi connectivity index (χ1) is 29.0. The minimum Gasteiger partial charge on any atom is -0.423 e. The Morgan fingerprint density at radius 1 is 0.548 bits per heavy atom. The monoisotopic (exact) mass is 978 g/mol. The summed E-state index contributed by atoms with van der Waals surface area (Å²) in [6.45, 7) is 3.05. The predicted molar refractivity (Wildman–Crippen MR) is 244 cm³/mol. The van der Waals surface area contributed by atoms with Crippen LogP contribution in [0.2, 0.25) is 10.0 Å². The van der Waals surface area contributed by atoms with E-state index < -0.39 is 27.2 Å². The third-order valence-electron chi connectivity index (χ3n) is 8.67. The lowest BCUT2D eigenvalue weighted by molar-refractivity contribution is -0.117. The van der Waals surface area contributed by atoms with E-state index in [0.29, 0.717) is 29.4 Å². The largest absolute Gasteiger partial charge is 0.488 e. The highest BCUT2D eigenvalue weighted by molar-refractivity contribution is 9.10. The van der Waals surface area contributed by atoms with E-state index in [2.05, 4.69) is 15.9 Å². The van der Waals surface area contributed by atoms with Gasteiger partial charge in [-0.05, 0) is 102 Å². The van der Waals surface area contributed by atoms with Gasteiger partial charge in [0.1, 0.15) is 21.4 Å². The average Bonchev–Trinajstić information content (AvgIpc) is 3.20. The third kappa shape index (κ3) is 14.5. The third-order valence-corrected chi connectivity index (χ3v) is 12.0. The molecule has 6 aromatic carbocycles. The van der Waals surface area contributed by atoms with Gasteiger partial charge in [0.05, 0.1) is 10.0 Å². The van der Waals surface area contributed by atoms with Crippen molar-refractivity contribution >= 4 is 94.9 Å². The molecule has 0 aromatic heterocycles. The van der Waals surface area contributed by atoms with Crippen molar-refractivity contribution in [1.29, 1.82) is 0 Å². The minimum absolute atomic E-state index is 0.0140. The zero-order valence-electron chi connectivity index (χ0n) is 33.0. The lowest BCUT2D eigenvalue weighted by Crippen LogP contribution is -2.29. The van der Waals surface area contributed by atoms with Gasteiger partial charge in [-0.1, -0.05) is 112 Å². The smallest absolute Gasteiger partial charge is 0.423 e. The molecule has 0 unspecified atom stereocenters. The van der Waals surface area contributed by atoms with E-state index in [-0.39, 0.29) is 54.1 Å². The number of hydrogen-bond acceptors (Lipinski definition) is 10. The Hall–Kier alpha value is -5.14. The van der Waals surface area contributed by atoms with E-state index >= 15 is 0 Å². The van der Waals surface area contributed by atoms with E-state index in [9.17, 15) is 36.0 Å². The standard InChI is InChI=1S/C22H18ClNO4S.C13H9BrClNO3S.C9H11BO3/c1-14(25)11-15-3-2-4-18(12-15)16-5-7-17(8-6-16)22(26)19-9-10-20(23)21(13-19)29(24,27)28;14-10-4-1-8(2-5-10)13(17)9-3-6-11(15)12(7-9)20(16,18)19;1-7(11)5-8-3-2-4-9(6-8)10(12)13/h2-10,12-13H,11H2,1H3,(H2,24,27,28);1-7H,(H2,16,18,19);2-4,6,12-13H,5H2,1H3. The Morgan fingerprint density at radius 3 is 1.37 bits per heavy atom. The number of halogens is 3. The SMILES string of the molecule is CC(=O)Cc1cccc(-c2ccc(C(=O)c3ccc(Cl)c(S(N)(=O)=O)c3)cc2)c1.CC(=O)Cc1cccc(B(O)O)c1.NS(=O)(=O)c1cc(C(=O)c2ccc(Br)cc2)ccc1Cl. The van der Waals surface area contributed by atoms with E-state index in [1.54, 1.807) is 79.7 Å². The highest BCUT2D eigenvalue weighted by atomic mass is 79.9. The molecule has 62 heavy (non-hydrogen) atoms. The van der Waals surface area contributed by atoms with Crippen LogP contribution in [0, 0.1) is 0 Å². The predicted octanol–water partition coefficient (Wildman–Crippen LogP) is 6.50. The van der Waals surface area contributed by atoms with Crippen LogP contribution in [0.4, 0.5) is 0 Å². The zero-order valence-corrected chi connectivity index (χ0v) is 37.7. The van der Waals surface area contributed by atoms with Crippen molar-refractivity contribution in [2.75, 3.05) is 0 Å². The number of ketones is 4. The Labute approximate surface area is 377 Å². The number of carbonyl (C=O) groups excluding carboxylic acids is 4. The van der Waals surface area contributed by atoms with Gasteiger partial charge in [0, 0.05) is 39.6 Å². The number of Topliss-reactive ketones (excluding diaryl/α,β-unsaturated/α-hetero) is 2. The summed E-state index contributed by atoms with van der Waals surface area (Å²) in [6.07, 6.45) is 0.702. The molecule has 0 radical (unpaired) electrons. The number of nitrogens with two attached hydrogens (primary N) is 2. The van der Waals surface area contributed by atoms with Crippen molar-refractivity contribution < 1.29 is 46.1 Å². The molecule has 0 saturated carbocycles. The molecule has 0 heterocycles. The first-order valence-electron chi connectivity index (χ1n) is 18.2. The van der Waals surface area contributed by atoms with Gasteiger partial charge in [0.15, 0.2) is 11.6 Å². The van der Waals surface area contributed by atoms with Crippen LogP contribution in [0.15, 0.2) is 148 Å². The minimum atomic E-state index is -4.04. The van der Waals surface area contributed by atoms with E-state index in [4.69, 9.17) is 43.5 Å². The second kappa shape index (κ2) is 21.8. The maximum atomic E-state index is 12.7. The van der Waals surface area contributed by atoms with Crippen LogP contribution >= 0.6 is 39.1 Å². The summed E-state index contributed by atoms with van der Waals surface area (Å²) < 4.78 is 46.9. The molecule has 12 nitrogen and oxygen atoms in total. The summed E-state index contributed by atoms with van der Waals surface area (Å²) >= 11 is 14.9. The van der Waals surface area contributed by atoms with Crippen LogP contribution in [-0.2, 0) is 42.5 Å². The molecule has 0 atom stereocenters. The van der Waals surface area contributed by atoms with Crippen LogP contribution in [0.1, 0.15) is 56.8 Å². The lowest BCUT2D eigenvalue weighted by atomic mass is 9.79. The molecule has 0 spiro atoms. The Bertz CT molecular complexity index is 2860. The van der Waals surface area contributed by atoms with E-state index in [1.807, 2.05) is 24.3 Å². The molecule has 6 aromatic rings. The molecule has 0 saturated heterocycles. The quantitative estimate of drug-likeness (QED) is 0.0769. The number of rotatable bonds is 12. The molecule has 320 valence electrons. The molecule has 0 aliphatic heterocycles. The fourth-order valence-corrected chi connectivity index (χ4v) is 8.18. The molecular weight excluding hydrogens is 942 g/mol. The van der Waals surface area contributed by atoms with Crippen LogP contribution in [0.3, 0.4) is 0 Å². The molecule has 0 aliphatic carbocycles. The summed E-state index contributed by atoms with van der Waals surface area (Å²) in [6, 6.07) is 36.0. The van der Waals surface area contributed by atoms with Crippen molar-refractivity contribution in [3.8, 4) is 11.1 Å². The topological polar surface area (TPSA) is 229 Å². The van der Waals surface area contributed by atoms with Crippen LogP contribution in [0.5, 0.6) is 0 Å². The molecule has 0 amide bonds. The second-order valence-electron chi connectivity index (χ2n) is 13.7. The molecule has 0 aliphatic rings. The second-order valence-corrected chi connectivity index (χ2v) is 18.5. The Morgan fingerprint density at radius 2 is 0.952 bits per heavy atom. The van der Waals surface area contributed by atoms with Gasteiger partial charge in [0.2, 0.25) is 20.0 Å². The number of benzene rings is 6. The van der Waals surface area contributed by atoms with E-state index in [0.717, 1.165) is 26.7 Å². The van der Waals surface area contributed by atoms with Gasteiger partial charge in [-0.3, -0.25) is 19.2 Å². The highest BCUT2D eigenvalue weighted by Crippen LogP contribution is 2.26. The maximum Gasteiger partial charge on any atom is 0.488 e. The fraction of sp³-hybridized carbons (Fsp3) is 0.0909. The Kier molecular flexibility index (Phi) is 17.4. The number of hydrogen-bond donors (Lipinski definition) is 4. The van der Waals surface area contributed by atoms with Gasteiger partial charge < -0.3 is 10.0 Å². The van der Waals surface area contributed by atoms with Gasteiger partial charge >= 0.3 is 7.12 Å². The lowest BCUT2D eigenvalue weighted by Gasteiger charge is -2.08. The fourth-order valence-electron chi connectivity index (χ4n) is 5.77. The number of carbonyl (C=O) groups is 4. The summed E-state index contributed by atoms with van der Waals surface area (Å²) in [5, 5.41) is 27.9. The average molecular weight is 981 g/mol. The summed E-state index contributed by atoms with van der Waals surface area (Å²) in [7, 11) is -9.47. The van der Waals surface area contributed by atoms with Crippen molar-refractivity contribution in [3.63, 3.8) is 0 Å². The molecule has 6 N–H and O–H groups in total. The van der Waals surface area contributed by atoms with Gasteiger partial charge in [-0.2, -0.15) is 0 Å². The van der Waals surface area contributed by atoms with Crippen LogP contribution in [-0.4, -0.2) is 57.1 Å². The van der Waals surface area contributed by atoms with E-state index in [1.165, 1.54) is 43.3 Å². The first kappa shape index (κ1) is 49.5. The van der Waals surface area contributed by atoms with Crippen LogP contribution in [0.25, 0.3) is 11.1 Å². The number of primary sulfonamides is 2. The van der Waals surface area contributed by atoms with Crippen molar-refractivity contribution in [3.05, 3.63) is 181 Å². The summed E-state index contributed by atoms with van der Waals surface area (Å²) in [5.41, 5.74) is 5.20. The highest BCUT2D eigenvalue weighted by Gasteiger charge is 2.19. The first-order valence-corrected chi connectivity index (χ1v) is 22.8. The zero-order chi connectivity index (χ0) is 45.9. The van der Waals surface area contributed by atoms with Gasteiger partial charge in [0.25, 0.3) is 0 Å². The normalized spacial score (nSPS) is 11.0. The van der Waals surface area contributed by atoms with Crippen molar-refractivity contribution in [1.82, 2.24) is 0 Å². The molecule has 0 bridgehead atoms.